The van der Waals surface area contributed by atoms with Crippen LogP contribution < -0.4 is 4.90 Å². The van der Waals surface area contributed by atoms with Gasteiger partial charge in [0.15, 0.2) is 0 Å². The van der Waals surface area contributed by atoms with Crippen molar-refractivity contribution in [2.75, 3.05) is 38.6 Å². The van der Waals surface area contributed by atoms with Crippen molar-refractivity contribution in [3.8, 4) is 0 Å². The summed E-state index contributed by atoms with van der Waals surface area (Å²) in [6.45, 7) is 3.43. The second kappa shape index (κ2) is 5.92. The number of aromatic nitrogens is 3. The van der Waals surface area contributed by atoms with Crippen molar-refractivity contribution in [1.82, 2.24) is 19.9 Å². The Kier molecular flexibility index (Phi) is 3.77. The van der Waals surface area contributed by atoms with E-state index in [1.165, 1.54) is 25.9 Å². The lowest BCUT2D eigenvalue weighted by Crippen LogP contribution is -2.33. The summed E-state index contributed by atoms with van der Waals surface area (Å²) in [7, 11) is 4.04. The number of likely N-dealkylation sites (tertiary alicyclic amines) is 1. The minimum atomic E-state index is 0.583. The number of hydrogen-bond acceptors (Lipinski definition) is 5. The molecule has 6 heteroatoms. The van der Waals surface area contributed by atoms with Gasteiger partial charge in [0.1, 0.15) is 17.8 Å². The lowest BCUT2D eigenvalue weighted by Gasteiger charge is -2.27. The summed E-state index contributed by atoms with van der Waals surface area (Å²) in [4.78, 5) is 21.0. The molecule has 2 aliphatic rings. The van der Waals surface area contributed by atoms with Gasteiger partial charge in [-0.05, 0) is 30.7 Å². The third-order valence-electron chi connectivity index (χ3n) is 5.54. The maximum atomic E-state index is 4.54. The number of hydrogen-bond donors (Lipinski definition) is 1. The number of anilines is 1. The van der Waals surface area contributed by atoms with Gasteiger partial charge >= 0.3 is 0 Å². The molecule has 0 aromatic carbocycles. The number of aromatic amines is 1. The van der Waals surface area contributed by atoms with E-state index < -0.39 is 0 Å². The summed E-state index contributed by atoms with van der Waals surface area (Å²) in [6.07, 6.45) is 8.14. The Morgan fingerprint density at radius 2 is 2.13 bits per heavy atom. The molecule has 0 spiro atoms. The van der Waals surface area contributed by atoms with E-state index in [-0.39, 0.29) is 0 Å². The number of nitrogens with zero attached hydrogens (tertiary/aromatic N) is 5. The van der Waals surface area contributed by atoms with Crippen LogP contribution in [0.15, 0.2) is 23.6 Å². The van der Waals surface area contributed by atoms with Gasteiger partial charge in [-0.3, -0.25) is 9.89 Å². The summed E-state index contributed by atoms with van der Waals surface area (Å²) in [5.74, 6) is 2.68. The first-order valence-corrected chi connectivity index (χ1v) is 8.40. The van der Waals surface area contributed by atoms with Crippen LogP contribution in [0.2, 0.25) is 0 Å². The lowest BCUT2D eigenvalue weighted by molar-refractivity contribution is 0.348. The van der Waals surface area contributed by atoms with Crippen LogP contribution in [0.3, 0.4) is 0 Å². The topological polar surface area (TPSA) is 60.4 Å². The van der Waals surface area contributed by atoms with E-state index in [4.69, 9.17) is 0 Å². The van der Waals surface area contributed by atoms with Gasteiger partial charge < -0.3 is 9.88 Å². The molecular weight excluding hydrogens is 288 g/mol. The van der Waals surface area contributed by atoms with Gasteiger partial charge in [-0.15, -0.1) is 0 Å². The molecule has 1 aliphatic heterocycles. The van der Waals surface area contributed by atoms with E-state index in [1.807, 2.05) is 19.5 Å². The first-order valence-electron chi connectivity index (χ1n) is 8.40. The van der Waals surface area contributed by atoms with Crippen LogP contribution in [0, 0.1) is 11.8 Å². The van der Waals surface area contributed by atoms with Crippen LogP contribution in [-0.2, 0) is 0 Å². The number of H-pyrrole nitrogens is 1. The van der Waals surface area contributed by atoms with Crippen LogP contribution in [0.1, 0.15) is 12.8 Å². The molecular formula is C17H24N6. The highest BCUT2D eigenvalue weighted by Gasteiger charge is 2.42. The van der Waals surface area contributed by atoms with Crippen molar-refractivity contribution in [1.29, 1.82) is 0 Å². The Balaban J connectivity index is 1.46. The highest BCUT2D eigenvalue weighted by molar-refractivity contribution is 5.87. The van der Waals surface area contributed by atoms with Gasteiger partial charge in [-0.2, -0.15) is 0 Å². The molecule has 2 aromatic rings. The zero-order valence-electron chi connectivity index (χ0n) is 13.8. The first kappa shape index (κ1) is 14.6. The second-order valence-corrected chi connectivity index (χ2v) is 6.85. The fourth-order valence-corrected chi connectivity index (χ4v) is 4.34. The Bertz CT molecular complexity index is 694. The molecule has 1 saturated heterocycles. The van der Waals surface area contributed by atoms with Crippen molar-refractivity contribution >= 4 is 23.1 Å². The number of aliphatic imine (C=N–C) groups is 1. The molecule has 23 heavy (non-hydrogen) atoms. The monoisotopic (exact) mass is 312 g/mol. The molecule has 2 aromatic heterocycles. The summed E-state index contributed by atoms with van der Waals surface area (Å²) >= 11 is 0. The van der Waals surface area contributed by atoms with Crippen LogP contribution in [0.25, 0.3) is 11.0 Å². The summed E-state index contributed by atoms with van der Waals surface area (Å²) in [6, 6.07) is 2.66. The van der Waals surface area contributed by atoms with Gasteiger partial charge in [0.2, 0.25) is 0 Å². The molecule has 122 valence electrons. The summed E-state index contributed by atoms with van der Waals surface area (Å²) < 4.78 is 0. The van der Waals surface area contributed by atoms with Crippen molar-refractivity contribution < 1.29 is 0 Å². The third kappa shape index (κ3) is 2.61. The molecule has 4 rings (SSSR count). The number of nitrogens with one attached hydrogen (secondary N) is 1. The molecule has 1 unspecified atom stereocenters. The first-order chi connectivity index (χ1) is 11.3. The van der Waals surface area contributed by atoms with Crippen LogP contribution in [0.4, 0.5) is 5.82 Å². The fourth-order valence-electron chi connectivity index (χ4n) is 4.34. The normalized spacial score (nSPS) is 28.0. The highest BCUT2D eigenvalue weighted by Crippen LogP contribution is 2.41. The molecule has 1 saturated carbocycles. The third-order valence-corrected chi connectivity index (χ3v) is 5.54. The van der Waals surface area contributed by atoms with Gasteiger partial charge in [0, 0.05) is 52.2 Å². The molecule has 6 nitrogen and oxygen atoms in total. The maximum absolute atomic E-state index is 4.54. The average molecular weight is 312 g/mol. The molecule has 3 heterocycles. The maximum Gasteiger partial charge on any atom is 0.142 e. The lowest BCUT2D eigenvalue weighted by atomic mass is 10.0. The average Bonchev–Trinajstić information content (AvgIpc) is 3.25. The predicted octanol–water partition coefficient (Wildman–Crippen LogP) is 1.81. The molecule has 3 atom stereocenters. The van der Waals surface area contributed by atoms with Gasteiger partial charge in [-0.1, -0.05) is 0 Å². The Morgan fingerprint density at radius 3 is 2.87 bits per heavy atom. The Labute approximate surface area is 136 Å². The molecule has 0 radical (unpaired) electrons. The van der Waals surface area contributed by atoms with E-state index in [9.17, 15) is 0 Å². The van der Waals surface area contributed by atoms with Gasteiger partial charge in [0.25, 0.3) is 0 Å². The number of fused-ring (bicyclic) bond motifs is 2. The van der Waals surface area contributed by atoms with E-state index in [2.05, 4.69) is 42.9 Å². The zero-order valence-corrected chi connectivity index (χ0v) is 13.8. The van der Waals surface area contributed by atoms with Crippen LogP contribution >= 0.6 is 0 Å². The van der Waals surface area contributed by atoms with Crippen LogP contribution in [-0.4, -0.2) is 65.8 Å². The minimum Gasteiger partial charge on any atom is -0.356 e. The van der Waals surface area contributed by atoms with Gasteiger partial charge in [-0.25, -0.2) is 9.97 Å². The number of rotatable bonds is 4. The van der Waals surface area contributed by atoms with E-state index in [1.54, 1.807) is 6.33 Å². The smallest absolute Gasteiger partial charge is 0.142 e. The van der Waals surface area contributed by atoms with Gasteiger partial charge in [0.05, 0.1) is 5.39 Å². The minimum absolute atomic E-state index is 0.583. The summed E-state index contributed by atoms with van der Waals surface area (Å²) in [5.41, 5.74) is 0.921. The highest BCUT2D eigenvalue weighted by atomic mass is 15.2. The van der Waals surface area contributed by atoms with E-state index in [0.29, 0.717) is 6.04 Å². The Morgan fingerprint density at radius 1 is 1.35 bits per heavy atom. The molecule has 2 fully saturated rings. The zero-order chi connectivity index (χ0) is 15.8. The summed E-state index contributed by atoms with van der Waals surface area (Å²) in [5, 5.41) is 1.12. The van der Waals surface area contributed by atoms with Crippen molar-refractivity contribution in [2.45, 2.75) is 18.9 Å². The van der Waals surface area contributed by atoms with Crippen molar-refractivity contribution in [3.63, 3.8) is 0 Å². The molecule has 0 bridgehead atoms. The quantitative estimate of drug-likeness (QED) is 0.875. The van der Waals surface area contributed by atoms with E-state index in [0.717, 1.165) is 35.2 Å². The second-order valence-electron chi connectivity index (χ2n) is 6.85. The largest absolute Gasteiger partial charge is 0.356 e. The molecule has 0 amide bonds. The molecule has 1 aliphatic carbocycles. The molecule has 1 N–H and O–H groups in total. The Hall–Kier alpha value is -1.95. The standard InChI is InChI=1S/C17H24N6/c1-18-5-6-23-9-12-7-14(8-13(12)10-23)22(2)17-15-3-4-19-16(15)20-11-21-17/h3-5,11-14H,6-10H2,1-2H3,(H,19,20,21)/t12-,13+,14?. The predicted molar refractivity (Wildman–Crippen MR) is 93.1 cm³/mol. The van der Waals surface area contributed by atoms with Crippen molar-refractivity contribution in [2.24, 2.45) is 16.8 Å². The SMILES string of the molecule is CN=CCN1C[C@H]2CC(N(C)c3ncnc4[nH]ccc34)C[C@H]2C1. The van der Waals surface area contributed by atoms with E-state index >= 15 is 0 Å². The fraction of sp³-hybridized carbons (Fsp3) is 0.588. The van der Waals surface area contributed by atoms with Crippen molar-refractivity contribution in [3.05, 3.63) is 18.6 Å². The van der Waals surface area contributed by atoms with Crippen LogP contribution in [0.5, 0.6) is 0 Å².